The summed E-state index contributed by atoms with van der Waals surface area (Å²) in [4.78, 5) is 19.0. The summed E-state index contributed by atoms with van der Waals surface area (Å²) in [6, 6.07) is 61.3. The lowest BCUT2D eigenvalue weighted by molar-refractivity contribution is 0.775. The van der Waals surface area contributed by atoms with E-state index >= 15 is 0 Å². The molecule has 4 nitrogen and oxygen atoms in total. The molecule has 0 fully saturated rings. The Bertz CT molecular complexity index is 2870. The van der Waals surface area contributed by atoms with Crippen molar-refractivity contribution in [2.24, 2.45) is 0 Å². The van der Waals surface area contributed by atoms with Gasteiger partial charge in [-0.25, -0.2) is 9.97 Å². The molecule has 0 unspecified atom stereocenters. The second kappa shape index (κ2) is 12.4. The van der Waals surface area contributed by atoms with Crippen molar-refractivity contribution in [3.05, 3.63) is 217 Å². The third kappa shape index (κ3) is 4.78. The highest BCUT2D eigenvalue weighted by molar-refractivity contribution is 5.98. The maximum absolute atomic E-state index is 5.29. The Morgan fingerprint density at radius 1 is 0.309 bits per heavy atom. The fourth-order valence-corrected chi connectivity index (χ4v) is 8.95. The molecule has 0 saturated carbocycles. The van der Waals surface area contributed by atoms with Crippen molar-refractivity contribution in [3.8, 4) is 78.4 Å². The molecule has 4 heteroatoms. The molecule has 0 bridgehead atoms. The average molecular weight is 701 g/mol. The lowest BCUT2D eigenvalue weighted by atomic mass is 9.66. The van der Waals surface area contributed by atoms with Crippen LogP contribution in [0, 0.1) is 0 Å². The topological polar surface area (TPSA) is 51.6 Å². The van der Waals surface area contributed by atoms with E-state index in [1.165, 1.54) is 55.6 Å². The minimum absolute atomic E-state index is 0.522. The summed E-state index contributed by atoms with van der Waals surface area (Å²) in [6.07, 6.45) is 7.30. The number of nitrogens with zero attached hydrogens (tertiary/aromatic N) is 4. The van der Waals surface area contributed by atoms with Crippen LogP contribution in [0.25, 0.3) is 78.4 Å². The van der Waals surface area contributed by atoms with Gasteiger partial charge in [-0.2, -0.15) is 0 Å². The van der Waals surface area contributed by atoms with Gasteiger partial charge in [0.2, 0.25) is 0 Å². The first-order valence-corrected chi connectivity index (χ1v) is 18.6. The van der Waals surface area contributed by atoms with Crippen LogP contribution in [0.4, 0.5) is 0 Å². The van der Waals surface area contributed by atoms with E-state index in [4.69, 9.17) is 9.97 Å². The second-order valence-electron chi connectivity index (χ2n) is 14.2. The highest BCUT2D eigenvalue weighted by atomic mass is 14.9. The van der Waals surface area contributed by atoms with Crippen LogP contribution in [0.3, 0.4) is 0 Å². The lowest BCUT2D eigenvalue weighted by Crippen LogP contribution is -2.29. The molecule has 11 rings (SSSR count). The first-order valence-electron chi connectivity index (χ1n) is 18.6. The molecule has 6 aromatic carbocycles. The first-order chi connectivity index (χ1) is 27.3. The van der Waals surface area contributed by atoms with Crippen LogP contribution in [0.2, 0.25) is 0 Å². The van der Waals surface area contributed by atoms with Crippen molar-refractivity contribution in [2.45, 2.75) is 5.41 Å². The van der Waals surface area contributed by atoms with Crippen LogP contribution in [0.1, 0.15) is 22.3 Å². The van der Waals surface area contributed by atoms with E-state index in [0.29, 0.717) is 5.82 Å². The van der Waals surface area contributed by atoms with E-state index in [-0.39, 0.29) is 0 Å². The van der Waals surface area contributed by atoms with Gasteiger partial charge in [0.1, 0.15) is 0 Å². The Morgan fingerprint density at radius 2 is 0.818 bits per heavy atom. The molecular formula is C51H32N4. The van der Waals surface area contributed by atoms with Gasteiger partial charge in [0.05, 0.1) is 16.8 Å². The van der Waals surface area contributed by atoms with Gasteiger partial charge in [-0.05, 0) is 97.1 Å². The van der Waals surface area contributed by atoms with Crippen LogP contribution < -0.4 is 0 Å². The molecule has 0 aliphatic heterocycles. The summed E-state index contributed by atoms with van der Waals surface area (Å²) in [7, 11) is 0. The predicted octanol–water partition coefficient (Wildman–Crippen LogP) is 11.9. The number of pyridine rings is 2. The molecule has 9 aromatic rings. The standard InChI is InChI=1S/C51H32N4/c1-2-12-39-38(11-1)40-13-3-6-16-44(40)51(45-17-7-4-14-41(45)42-15-5-8-18-46(42)51)47-24-23-36(30-43(39)47)49-31-48(34-25-28-52-29-26-34)54-50(55-49)35-21-19-33(20-22-35)37-10-9-27-53-32-37/h1-32H. The van der Waals surface area contributed by atoms with Crippen LogP contribution >= 0.6 is 0 Å². The minimum Gasteiger partial charge on any atom is -0.265 e. The van der Waals surface area contributed by atoms with E-state index in [2.05, 4.69) is 162 Å². The van der Waals surface area contributed by atoms with Crippen molar-refractivity contribution < 1.29 is 0 Å². The van der Waals surface area contributed by atoms with Crippen LogP contribution in [0.5, 0.6) is 0 Å². The van der Waals surface area contributed by atoms with Crippen LogP contribution in [-0.2, 0) is 5.41 Å². The summed E-state index contributed by atoms with van der Waals surface area (Å²) in [5, 5.41) is 0. The van der Waals surface area contributed by atoms with E-state index in [0.717, 1.165) is 39.2 Å². The van der Waals surface area contributed by atoms with Gasteiger partial charge < -0.3 is 0 Å². The fourth-order valence-electron chi connectivity index (χ4n) is 8.95. The molecular weight excluding hydrogens is 669 g/mol. The predicted molar refractivity (Wildman–Crippen MR) is 221 cm³/mol. The van der Waals surface area contributed by atoms with E-state index in [9.17, 15) is 0 Å². The molecule has 0 radical (unpaired) electrons. The van der Waals surface area contributed by atoms with Crippen LogP contribution in [0.15, 0.2) is 195 Å². The van der Waals surface area contributed by atoms with Crippen molar-refractivity contribution in [3.63, 3.8) is 0 Å². The summed E-state index contributed by atoms with van der Waals surface area (Å²) in [5.74, 6) is 0.667. The van der Waals surface area contributed by atoms with Gasteiger partial charge in [-0.3, -0.25) is 9.97 Å². The zero-order chi connectivity index (χ0) is 36.3. The van der Waals surface area contributed by atoms with E-state index < -0.39 is 5.41 Å². The van der Waals surface area contributed by atoms with Gasteiger partial charge in [0.15, 0.2) is 5.82 Å². The SMILES string of the molecule is c1cncc(-c2ccc(-c3nc(-c4ccncc4)cc(-c4ccc5c(c4)-c4ccccc4-c4ccccc4C54c5ccccc5-c5ccccc54)n3)cc2)c1. The first kappa shape index (κ1) is 31.2. The van der Waals surface area contributed by atoms with Gasteiger partial charge in [-0.1, -0.05) is 140 Å². The zero-order valence-electron chi connectivity index (χ0n) is 29.8. The summed E-state index contributed by atoms with van der Waals surface area (Å²) in [6.45, 7) is 0. The lowest BCUT2D eigenvalue weighted by Gasteiger charge is -2.35. The smallest absolute Gasteiger partial charge is 0.160 e. The van der Waals surface area contributed by atoms with E-state index in [1.807, 2.05) is 36.8 Å². The molecule has 3 heterocycles. The maximum Gasteiger partial charge on any atom is 0.160 e. The second-order valence-corrected chi connectivity index (χ2v) is 14.2. The van der Waals surface area contributed by atoms with Gasteiger partial charge in [0, 0.05) is 41.5 Å². The number of rotatable bonds is 4. The molecule has 0 atom stereocenters. The number of hydrogen-bond donors (Lipinski definition) is 0. The molecule has 0 saturated heterocycles. The Labute approximate surface area is 319 Å². The Kier molecular flexibility index (Phi) is 7.04. The van der Waals surface area contributed by atoms with E-state index in [1.54, 1.807) is 6.20 Å². The number of hydrogen-bond acceptors (Lipinski definition) is 4. The molecule has 256 valence electrons. The van der Waals surface area contributed by atoms with Crippen molar-refractivity contribution in [1.29, 1.82) is 0 Å². The molecule has 2 aliphatic carbocycles. The third-order valence-electron chi connectivity index (χ3n) is 11.4. The Morgan fingerprint density at radius 3 is 1.44 bits per heavy atom. The quantitative estimate of drug-likeness (QED) is 0.183. The molecule has 0 amide bonds. The highest BCUT2D eigenvalue weighted by Gasteiger charge is 2.49. The fraction of sp³-hybridized carbons (Fsp3) is 0.0196. The van der Waals surface area contributed by atoms with Crippen molar-refractivity contribution in [2.75, 3.05) is 0 Å². The van der Waals surface area contributed by atoms with Gasteiger partial charge in [-0.15, -0.1) is 0 Å². The Balaban J connectivity index is 1.16. The summed E-state index contributed by atoms with van der Waals surface area (Å²) >= 11 is 0. The normalized spacial score (nSPS) is 12.9. The summed E-state index contributed by atoms with van der Waals surface area (Å²) < 4.78 is 0. The molecule has 1 spiro atoms. The van der Waals surface area contributed by atoms with Crippen molar-refractivity contribution >= 4 is 0 Å². The molecule has 55 heavy (non-hydrogen) atoms. The highest BCUT2D eigenvalue weighted by Crippen LogP contribution is 2.61. The van der Waals surface area contributed by atoms with Crippen molar-refractivity contribution in [1.82, 2.24) is 19.9 Å². The zero-order valence-corrected chi connectivity index (χ0v) is 29.8. The van der Waals surface area contributed by atoms with Gasteiger partial charge in [0.25, 0.3) is 0 Å². The van der Waals surface area contributed by atoms with Gasteiger partial charge >= 0.3 is 0 Å². The Hall–Kier alpha value is -7.30. The molecule has 2 aliphatic rings. The monoisotopic (exact) mass is 700 g/mol. The third-order valence-corrected chi connectivity index (χ3v) is 11.4. The molecule has 3 aromatic heterocycles. The summed E-state index contributed by atoms with van der Waals surface area (Å²) in [5.41, 5.74) is 18.9. The molecule has 0 N–H and O–H groups in total. The van der Waals surface area contributed by atoms with Crippen LogP contribution in [-0.4, -0.2) is 19.9 Å². The number of fused-ring (bicyclic) bond motifs is 12. The largest absolute Gasteiger partial charge is 0.265 e. The average Bonchev–Trinajstić information content (AvgIpc) is 3.52. The number of benzene rings is 6. The minimum atomic E-state index is -0.522. The maximum atomic E-state index is 5.29. The number of aromatic nitrogens is 4.